The molecule has 0 aromatic heterocycles. The van der Waals surface area contributed by atoms with Gasteiger partial charge in [0.1, 0.15) is 0 Å². The maximum Gasteiger partial charge on any atom is 0.314 e. The van der Waals surface area contributed by atoms with E-state index in [1.54, 1.807) is 0 Å². The lowest BCUT2D eigenvalue weighted by Gasteiger charge is -2.10. The molecule has 0 aliphatic carbocycles. The van der Waals surface area contributed by atoms with Crippen molar-refractivity contribution in [2.75, 3.05) is 26.3 Å². The van der Waals surface area contributed by atoms with Crippen LogP contribution in [0.25, 0.3) is 0 Å². The fourth-order valence-corrected chi connectivity index (χ4v) is 0.879. The third kappa shape index (κ3) is 9.37. The highest BCUT2D eigenvalue weighted by molar-refractivity contribution is 5.75. The number of hydrogen-bond donors (Lipinski definition) is 3. The van der Waals surface area contributed by atoms with E-state index < -0.39 is 17.9 Å². The van der Waals surface area contributed by atoms with Gasteiger partial charge in [-0.05, 0) is 6.92 Å². The Morgan fingerprint density at radius 1 is 1.41 bits per heavy atom. The van der Waals surface area contributed by atoms with Crippen LogP contribution in [0.4, 0.5) is 4.79 Å². The quantitative estimate of drug-likeness (QED) is 0.431. The number of carboxylic acid groups (broad SMARTS) is 1. The Labute approximate surface area is 101 Å². The van der Waals surface area contributed by atoms with Crippen LogP contribution >= 0.6 is 0 Å². The first-order chi connectivity index (χ1) is 7.93. The van der Waals surface area contributed by atoms with Gasteiger partial charge in [0.25, 0.3) is 0 Å². The number of rotatable bonds is 8. The van der Waals surface area contributed by atoms with Gasteiger partial charge < -0.3 is 20.5 Å². The van der Waals surface area contributed by atoms with E-state index in [4.69, 9.17) is 9.84 Å². The van der Waals surface area contributed by atoms with Crippen LogP contribution in [0.1, 0.15) is 13.8 Å². The summed E-state index contributed by atoms with van der Waals surface area (Å²) >= 11 is 0. The molecule has 0 aliphatic heterocycles. The molecule has 2 amide bonds. The second kappa shape index (κ2) is 8.58. The van der Waals surface area contributed by atoms with Gasteiger partial charge in [0.15, 0.2) is 0 Å². The Kier molecular flexibility index (Phi) is 7.79. The summed E-state index contributed by atoms with van der Waals surface area (Å²) < 4.78 is 5.17. The third-order valence-corrected chi connectivity index (χ3v) is 1.87. The lowest BCUT2D eigenvalue weighted by molar-refractivity contribution is -0.140. The predicted molar refractivity (Wildman–Crippen MR) is 63.8 cm³/mol. The first kappa shape index (κ1) is 15.4. The number of urea groups is 1. The Morgan fingerprint density at radius 2 is 2.06 bits per heavy atom. The fraction of sp³-hybridized carbons (Fsp3) is 0.636. The van der Waals surface area contributed by atoms with E-state index in [1.807, 2.05) is 6.92 Å². The molecular formula is C11H20N2O4. The molecule has 1 unspecified atom stereocenters. The average molecular weight is 244 g/mol. The molecule has 0 rings (SSSR count). The minimum atomic E-state index is -0.935. The highest BCUT2D eigenvalue weighted by atomic mass is 16.5. The van der Waals surface area contributed by atoms with E-state index in [0.29, 0.717) is 19.8 Å². The molecule has 1 atom stereocenters. The zero-order chi connectivity index (χ0) is 13.3. The first-order valence-electron chi connectivity index (χ1n) is 5.40. The van der Waals surface area contributed by atoms with Gasteiger partial charge in [-0.15, -0.1) is 0 Å². The fourth-order valence-electron chi connectivity index (χ4n) is 0.879. The van der Waals surface area contributed by atoms with Crippen molar-refractivity contribution in [1.82, 2.24) is 10.6 Å². The van der Waals surface area contributed by atoms with E-state index in [2.05, 4.69) is 17.2 Å². The first-order valence-corrected chi connectivity index (χ1v) is 5.40. The van der Waals surface area contributed by atoms with E-state index >= 15 is 0 Å². The lowest BCUT2D eigenvalue weighted by atomic mass is 10.2. The van der Waals surface area contributed by atoms with Crippen molar-refractivity contribution in [2.45, 2.75) is 13.8 Å². The second-order valence-electron chi connectivity index (χ2n) is 3.89. The molecule has 0 heterocycles. The summed E-state index contributed by atoms with van der Waals surface area (Å²) in [7, 11) is 0. The van der Waals surface area contributed by atoms with Crippen LogP contribution in [0.5, 0.6) is 0 Å². The molecule has 0 saturated carbocycles. The molecule has 17 heavy (non-hydrogen) atoms. The molecular weight excluding hydrogens is 224 g/mol. The van der Waals surface area contributed by atoms with Crippen LogP contribution in [-0.2, 0) is 9.53 Å². The minimum absolute atomic E-state index is 0.105. The molecule has 6 nitrogen and oxygen atoms in total. The highest BCUT2D eigenvalue weighted by Gasteiger charge is 2.11. The van der Waals surface area contributed by atoms with Gasteiger partial charge in [-0.2, -0.15) is 0 Å². The van der Waals surface area contributed by atoms with Crippen LogP contribution < -0.4 is 10.6 Å². The molecule has 3 N–H and O–H groups in total. The third-order valence-electron chi connectivity index (χ3n) is 1.87. The molecule has 0 saturated heterocycles. The Morgan fingerprint density at radius 3 is 2.59 bits per heavy atom. The van der Waals surface area contributed by atoms with Gasteiger partial charge in [0.2, 0.25) is 0 Å². The summed E-state index contributed by atoms with van der Waals surface area (Å²) in [6.07, 6.45) is 0. The summed E-state index contributed by atoms with van der Waals surface area (Å²) in [6, 6.07) is -0.392. The van der Waals surface area contributed by atoms with Gasteiger partial charge in [0.05, 0.1) is 19.1 Å². The van der Waals surface area contributed by atoms with Gasteiger partial charge in [0, 0.05) is 13.1 Å². The van der Waals surface area contributed by atoms with Crippen molar-refractivity contribution in [1.29, 1.82) is 0 Å². The lowest BCUT2D eigenvalue weighted by Crippen LogP contribution is -2.40. The number of nitrogens with one attached hydrogen (secondary N) is 2. The molecule has 0 fully saturated rings. The number of aliphatic carboxylic acids is 1. The van der Waals surface area contributed by atoms with Crippen LogP contribution in [0.15, 0.2) is 12.2 Å². The van der Waals surface area contributed by atoms with Crippen molar-refractivity contribution in [3.63, 3.8) is 0 Å². The van der Waals surface area contributed by atoms with Gasteiger partial charge in [-0.25, -0.2) is 4.79 Å². The second-order valence-corrected chi connectivity index (χ2v) is 3.89. The van der Waals surface area contributed by atoms with Gasteiger partial charge in [-0.1, -0.05) is 19.1 Å². The van der Waals surface area contributed by atoms with Crippen LogP contribution in [0.3, 0.4) is 0 Å². The van der Waals surface area contributed by atoms with Crippen molar-refractivity contribution < 1.29 is 19.4 Å². The Hall–Kier alpha value is -1.56. The summed E-state index contributed by atoms with van der Waals surface area (Å²) in [5.74, 6) is -1.53. The van der Waals surface area contributed by atoms with Crippen molar-refractivity contribution in [3.8, 4) is 0 Å². The van der Waals surface area contributed by atoms with E-state index in [9.17, 15) is 9.59 Å². The SMILES string of the molecule is C=C(C)COCCNC(=O)NCC(C)C(=O)O. The van der Waals surface area contributed by atoms with Gasteiger partial charge >= 0.3 is 12.0 Å². The Bertz CT molecular complexity index is 279. The molecule has 0 bridgehead atoms. The number of amides is 2. The zero-order valence-electron chi connectivity index (χ0n) is 10.3. The van der Waals surface area contributed by atoms with Crippen molar-refractivity contribution in [2.24, 2.45) is 5.92 Å². The van der Waals surface area contributed by atoms with Gasteiger partial charge in [-0.3, -0.25) is 4.79 Å². The van der Waals surface area contributed by atoms with E-state index in [-0.39, 0.29) is 6.54 Å². The molecule has 0 aromatic carbocycles. The summed E-state index contributed by atoms with van der Waals surface area (Å²) in [4.78, 5) is 21.7. The number of carboxylic acids is 1. The normalized spacial score (nSPS) is 11.6. The molecule has 6 heteroatoms. The zero-order valence-corrected chi connectivity index (χ0v) is 10.3. The average Bonchev–Trinajstić information content (AvgIpc) is 2.24. The number of carbonyl (C=O) groups is 2. The van der Waals surface area contributed by atoms with Crippen LogP contribution in [0, 0.1) is 5.92 Å². The monoisotopic (exact) mass is 244 g/mol. The summed E-state index contributed by atoms with van der Waals surface area (Å²) in [5, 5.41) is 13.6. The summed E-state index contributed by atoms with van der Waals surface area (Å²) in [6.45, 7) is 8.40. The highest BCUT2D eigenvalue weighted by Crippen LogP contribution is 1.90. The maximum atomic E-state index is 11.2. The molecule has 0 radical (unpaired) electrons. The van der Waals surface area contributed by atoms with Crippen LogP contribution in [0.2, 0.25) is 0 Å². The molecule has 0 aliphatic rings. The van der Waals surface area contributed by atoms with Crippen molar-refractivity contribution in [3.05, 3.63) is 12.2 Å². The Balaban J connectivity index is 3.47. The standard InChI is InChI=1S/C11H20N2O4/c1-8(2)7-17-5-4-12-11(16)13-6-9(3)10(14)15/h9H,1,4-7H2,2-3H3,(H,14,15)(H2,12,13,16). The van der Waals surface area contributed by atoms with Crippen LogP contribution in [-0.4, -0.2) is 43.4 Å². The molecule has 98 valence electrons. The topological polar surface area (TPSA) is 87.7 Å². The van der Waals surface area contributed by atoms with Crippen molar-refractivity contribution >= 4 is 12.0 Å². The minimum Gasteiger partial charge on any atom is -0.481 e. The molecule has 0 aromatic rings. The number of hydrogen-bond acceptors (Lipinski definition) is 3. The summed E-state index contributed by atoms with van der Waals surface area (Å²) in [5.41, 5.74) is 0.921. The molecule has 0 spiro atoms. The predicted octanol–water partition coefficient (Wildman–Crippen LogP) is 0.599. The number of ether oxygens (including phenoxy) is 1. The van der Waals surface area contributed by atoms with E-state index in [0.717, 1.165) is 5.57 Å². The maximum absolute atomic E-state index is 11.2. The smallest absolute Gasteiger partial charge is 0.314 e. The largest absolute Gasteiger partial charge is 0.481 e. The number of carbonyl (C=O) groups excluding carboxylic acids is 1. The van der Waals surface area contributed by atoms with E-state index in [1.165, 1.54) is 6.92 Å².